The summed E-state index contributed by atoms with van der Waals surface area (Å²) >= 11 is 1.82. The lowest BCUT2D eigenvalue weighted by Crippen LogP contribution is -1.91. The summed E-state index contributed by atoms with van der Waals surface area (Å²) in [6.07, 6.45) is -0.464. The second kappa shape index (κ2) is 15.2. The van der Waals surface area contributed by atoms with Crippen LogP contribution in [0.2, 0.25) is 0 Å². The van der Waals surface area contributed by atoms with E-state index in [0.29, 0.717) is 5.56 Å². The van der Waals surface area contributed by atoms with Crippen LogP contribution in [0.15, 0.2) is 230 Å². The van der Waals surface area contributed by atoms with Crippen molar-refractivity contribution in [1.82, 2.24) is 9.97 Å². The molecule has 0 saturated carbocycles. The van der Waals surface area contributed by atoms with Crippen molar-refractivity contribution < 1.29 is 9.60 Å². The first-order valence-corrected chi connectivity index (χ1v) is 22.4. The van der Waals surface area contributed by atoms with Gasteiger partial charge >= 0.3 is 0 Å². The fourth-order valence-corrected chi connectivity index (χ4v) is 11.0. The normalized spacial score (nSPS) is 13.2. The molecule has 0 radical (unpaired) electrons. The van der Waals surface area contributed by atoms with Crippen LogP contribution in [0.5, 0.6) is 0 Å². The predicted molar refractivity (Wildman–Crippen MR) is 278 cm³/mol. The van der Waals surface area contributed by atoms with Crippen molar-refractivity contribution >= 4 is 76.2 Å². The molecular formula is C62H38N2S. The van der Waals surface area contributed by atoms with E-state index >= 15 is 0 Å². The second-order valence-electron chi connectivity index (χ2n) is 16.3. The molecule has 13 rings (SSSR count). The lowest BCUT2D eigenvalue weighted by Gasteiger charge is -2.16. The van der Waals surface area contributed by atoms with Gasteiger partial charge in [0.05, 0.1) is 26.3 Å². The number of fused-ring (bicyclic) bond motifs is 7. The van der Waals surface area contributed by atoms with Crippen LogP contribution in [-0.4, -0.2) is 9.97 Å². The van der Waals surface area contributed by atoms with Crippen LogP contribution in [0.4, 0.5) is 0 Å². The fraction of sp³-hybridized carbons (Fsp3) is 0. The average molecular weight is 850 g/mol. The molecule has 0 aliphatic rings. The Kier molecular flexibility index (Phi) is 7.21. The van der Waals surface area contributed by atoms with Crippen molar-refractivity contribution in [2.45, 2.75) is 0 Å². The predicted octanol–water partition coefficient (Wildman–Crippen LogP) is 17.5. The number of nitrogens with zero attached hydrogens (tertiary/aromatic N) is 2. The van der Waals surface area contributed by atoms with Gasteiger partial charge in [0.2, 0.25) is 0 Å². The molecule has 0 saturated heterocycles. The minimum Gasteiger partial charge on any atom is -0.254 e. The maximum Gasteiger partial charge on any atom is 0.0972 e. The van der Waals surface area contributed by atoms with E-state index in [1.165, 1.54) is 42.9 Å². The van der Waals surface area contributed by atoms with Gasteiger partial charge in [-0.25, -0.2) is 4.98 Å². The molecule has 0 spiro atoms. The standard InChI is InChI=1S/C62H38N2S/c1-4-23-46-39(14-1)17-10-28-53(46)57-58(54-29-11-18-40-15-2-5-24-47(40)54)62(55-30-12-19-41-16-3-6-25-48(41)55)65-61(57)45-21-9-20-44(38-45)49-34-35-52(51-27-8-7-26-50(49)51)56-36-33-43-32-31-42-22-13-37-63-59(42)60(43)64-56/h1-38H/i13D,22D,31D,32D,33D,36D,37D. The molecule has 3 heterocycles. The molecule has 302 valence electrons. The van der Waals surface area contributed by atoms with E-state index in [9.17, 15) is 2.74 Å². The SMILES string of the molecule is [2H]c1nc2c(c([2H])c1[2H])c([2H])c([2H])c1c([2H])c([2H])c(-c3ccc(-c4cccc(-c5sc(-c6cccc7ccccc67)c(-c6cccc7ccccc67)c5-c5cccc6ccccc56)c4)c4ccccc34)nc12. The number of benzene rings is 10. The highest BCUT2D eigenvalue weighted by molar-refractivity contribution is 7.20. The first-order chi connectivity index (χ1) is 35.2. The van der Waals surface area contributed by atoms with Crippen molar-refractivity contribution in [3.8, 4) is 65.5 Å². The van der Waals surface area contributed by atoms with E-state index in [-0.39, 0.29) is 51.7 Å². The van der Waals surface area contributed by atoms with Crippen LogP contribution in [0.25, 0.3) is 130 Å². The van der Waals surface area contributed by atoms with Crippen LogP contribution >= 0.6 is 11.3 Å². The Labute approximate surface area is 390 Å². The maximum absolute atomic E-state index is 9.28. The Morgan fingerprint density at radius 3 is 1.52 bits per heavy atom. The molecule has 0 fully saturated rings. The Hall–Kier alpha value is -8.24. The Balaban J connectivity index is 1.06. The first-order valence-electron chi connectivity index (χ1n) is 25.1. The summed E-state index contributed by atoms with van der Waals surface area (Å²) in [5.74, 6) is 0. The zero-order chi connectivity index (χ0) is 48.9. The number of rotatable bonds is 6. The quantitative estimate of drug-likeness (QED) is 0.156. The summed E-state index contributed by atoms with van der Waals surface area (Å²) < 4.78 is 61.2. The molecule has 10 aromatic carbocycles. The van der Waals surface area contributed by atoms with Crippen LogP contribution in [0, 0.1) is 0 Å². The Morgan fingerprint density at radius 2 is 0.846 bits per heavy atom. The number of hydrogen-bond donors (Lipinski definition) is 0. The third-order valence-corrected chi connectivity index (χ3v) is 13.9. The monoisotopic (exact) mass is 849 g/mol. The van der Waals surface area contributed by atoms with Crippen molar-refractivity contribution in [3.05, 3.63) is 230 Å². The Morgan fingerprint density at radius 1 is 0.354 bits per heavy atom. The molecule has 2 nitrogen and oxygen atoms in total. The average Bonchev–Trinajstić information content (AvgIpc) is 3.81. The summed E-state index contributed by atoms with van der Waals surface area (Å²) in [5, 5.41) is 8.60. The van der Waals surface area contributed by atoms with Crippen molar-refractivity contribution in [2.75, 3.05) is 0 Å². The maximum atomic E-state index is 9.28. The van der Waals surface area contributed by atoms with Gasteiger partial charge < -0.3 is 0 Å². The summed E-state index contributed by atoms with van der Waals surface area (Å²) in [4.78, 5) is 11.5. The molecule has 3 heteroatoms. The molecule has 0 bridgehead atoms. The third kappa shape index (κ3) is 6.16. The van der Waals surface area contributed by atoms with Gasteiger partial charge in [-0.2, -0.15) is 0 Å². The highest BCUT2D eigenvalue weighted by atomic mass is 32.1. The summed E-state index contributed by atoms with van der Waals surface area (Å²) in [6, 6.07) is 64.2. The molecule has 0 aliphatic carbocycles. The highest BCUT2D eigenvalue weighted by Crippen LogP contribution is 2.55. The van der Waals surface area contributed by atoms with Gasteiger partial charge in [0, 0.05) is 49.0 Å². The number of hydrogen-bond acceptors (Lipinski definition) is 3. The van der Waals surface area contributed by atoms with E-state index in [4.69, 9.17) is 11.8 Å². The van der Waals surface area contributed by atoms with Crippen LogP contribution in [-0.2, 0) is 0 Å². The smallest absolute Gasteiger partial charge is 0.0972 e. The van der Waals surface area contributed by atoms with Crippen molar-refractivity contribution in [2.24, 2.45) is 0 Å². The molecule has 65 heavy (non-hydrogen) atoms. The minimum atomic E-state index is -0.464. The van der Waals surface area contributed by atoms with Crippen molar-refractivity contribution in [3.63, 3.8) is 0 Å². The fourth-order valence-electron chi connectivity index (χ4n) is 9.68. The summed E-state index contributed by atoms with van der Waals surface area (Å²) in [6.45, 7) is 0. The zero-order valence-corrected chi connectivity index (χ0v) is 35.5. The van der Waals surface area contributed by atoms with E-state index in [0.717, 1.165) is 54.4 Å². The minimum absolute atomic E-state index is 0.00634. The Bertz CT molecular complexity index is 4430. The van der Waals surface area contributed by atoms with E-state index in [1.807, 2.05) is 41.7 Å². The first kappa shape index (κ1) is 30.7. The lowest BCUT2D eigenvalue weighted by molar-refractivity contribution is 1.37. The lowest BCUT2D eigenvalue weighted by atomic mass is 9.86. The van der Waals surface area contributed by atoms with E-state index in [1.54, 1.807) is 0 Å². The molecule has 0 amide bonds. The second-order valence-corrected chi connectivity index (χ2v) is 17.3. The molecule has 0 N–H and O–H groups in total. The highest BCUT2D eigenvalue weighted by Gasteiger charge is 2.27. The molecule has 0 aliphatic heterocycles. The van der Waals surface area contributed by atoms with Gasteiger partial charge in [-0.1, -0.05) is 206 Å². The largest absolute Gasteiger partial charge is 0.254 e. The van der Waals surface area contributed by atoms with Crippen LogP contribution in [0.3, 0.4) is 0 Å². The number of pyridine rings is 2. The third-order valence-electron chi connectivity index (χ3n) is 12.6. The van der Waals surface area contributed by atoms with E-state index < -0.39 is 18.3 Å². The van der Waals surface area contributed by atoms with Gasteiger partial charge in [-0.05, 0) is 89.1 Å². The number of aromatic nitrogens is 2. The van der Waals surface area contributed by atoms with Crippen LogP contribution < -0.4 is 0 Å². The molecule has 0 atom stereocenters. The molecule has 0 unspecified atom stereocenters. The van der Waals surface area contributed by atoms with E-state index in [2.05, 4.69) is 163 Å². The van der Waals surface area contributed by atoms with Gasteiger partial charge in [0.15, 0.2) is 0 Å². The van der Waals surface area contributed by atoms with Gasteiger partial charge in [-0.3, -0.25) is 4.98 Å². The molecule has 3 aromatic heterocycles. The van der Waals surface area contributed by atoms with Crippen LogP contribution in [0.1, 0.15) is 9.60 Å². The molecule has 13 aromatic rings. The van der Waals surface area contributed by atoms with Crippen molar-refractivity contribution in [1.29, 1.82) is 0 Å². The zero-order valence-electron chi connectivity index (χ0n) is 41.7. The van der Waals surface area contributed by atoms with Gasteiger partial charge in [-0.15, -0.1) is 11.3 Å². The summed E-state index contributed by atoms with van der Waals surface area (Å²) in [5.41, 5.74) is 9.63. The topological polar surface area (TPSA) is 25.8 Å². The number of thiophene rings is 1. The summed E-state index contributed by atoms with van der Waals surface area (Å²) in [7, 11) is 0. The van der Waals surface area contributed by atoms with Gasteiger partial charge in [0.25, 0.3) is 0 Å². The van der Waals surface area contributed by atoms with Gasteiger partial charge in [0.1, 0.15) is 0 Å². The molecular weight excluding hydrogens is 805 g/mol.